The standard InChI is InChI=1S/C13H25N/c1-2-9-14-13-6-4-3-5-12(10-13)11-7-8-11/h11-14H,2-10H2,1H3. The smallest absolute Gasteiger partial charge is 0.00698 e. The van der Waals surface area contributed by atoms with Crippen LogP contribution in [0.1, 0.15) is 58.3 Å². The Balaban J connectivity index is 1.77. The fraction of sp³-hybridized carbons (Fsp3) is 1.00. The molecule has 0 bridgehead atoms. The normalized spacial score (nSPS) is 34.1. The van der Waals surface area contributed by atoms with E-state index in [2.05, 4.69) is 12.2 Å². The molecule has 2 atom stereocenters. The first kappa shape index (κ1) is 10.5. The highest BCUT2D eigenvalue weighted by atomic mass is 14.9. The maximum absolute atomic E-state index is 3.72. The first-order chi connectivity index (χ1) is 6.90. The number of hydrogen-bond acceptors (Lipinski definition) is 1. The minimum absolute atomic E-state index is 0.850. The lowest BCUT2D eigenvalue weighted by atomic mass is 9.93. The van der Waals surface area contributed by atoms with Gasteiger partial charge in [-0.2, -0.15) is 0 Å². The molecule has 0 heterocycles. The van der Waals surface area contributed by atoms with E-state index in [1.807, 2.05) is 0 Å². The highest BCUT2D eigenvalue weighted by molar-refractivity contribution is 4.86. The van der Waals surface area contributed by atoms with Gasteiger partial charge in [-0.3, -0.25) is 0 Å². The summed E-state index contributed by atoms with van der Waals surface area (Å²) in [6.45, 7) is 3.49. The van der Waals surface area contributed by atoms with Gasteiger partial charge in [0.15, 0.2) is 0 Å². The molecule has 2 unspecified atom stereocenters. The Morgan fingerprint density at radius 1 is 1.00 bits per heavy atom. The lowest BCUT2D eigenvalue weighted by Crippen LogP contribution is -2.31. The van der Waals surface area contributed by atoms with Crippen LogP contribution in [0.2, 0.25) is 0 Å². The molecule has 1 nitrogen and oxygen atoms in total. The Labute approximate surface area is 88.7 Å². The molecule has 14 heavy (non-hydrogen) atoms. The van der Waals surface area contributed by atoms with Gasteiger partial charge in [-0.05, 0) is 50.5 Å². The van der Waals surface area contributed by atoms with Gasteiger partial charge >= 0.3 is 0 Å². The quantitative estimate of drug-likeness (QED) is 0.678. The van der Waals surface area contributed by atoms with Gasteiger partial charge in [0.05, 0.1) is 0 Å². The highest BCUT2D eigenvalue weighted by Gasteiger charge is 2.33. The fourth-order valence-electron chi connectivity index (χ4n) is 2.93. The zero-order valence-electron chi connectivity index (χ0n) is 9.60. The van der Waals surface area contributed by atoms with Crippen molar-refractivity contribution >= 4 is 0 Å². The minimum atomic E-state index is 0.850. The molecule has 0 radical (unpaired) electrons. The first-order valence-electron chi connectivity index (χ1n) is 6.63. The summed E-state index contributed by atoms with van der Waals surface area (Å²) in [5.74, 6) is 2.20. The van der Waals surface area contributed by atoms with Crippen LogP contribution in [0.3, 0.4) is 0 Å². The summed E-state index contributed by atoms with van der Waals surface area (Å²) in [4.78, 5) is 0. The van der Waals surface area contributed by atoms with Crippen molar-refractivity contribution in [3.8, 4) is 0 Å². The molecule has 2 rings (SSSR count). The number of nitrogens with one attached hydrogen (secondary N) is 1. The van der Waals surface area contributed by atoms with Gasteiger partial charge in [0.2, 0.25) is 0 Å². The number of hydrogen-bond donors (Lipinski definition) is 1. The van der Waals surface area contributed by atoms with Crippen LogP contribution in [0.25, 0.3) is 0 Å². The van der Waals surface area contributed by atoms with Gasteiger partial charge in [-0.1, -0.05) is 26.2 Å². The lowest BCUT2D eigenvalue weighted by Gasteiger charge is -2.20. The average molecular weight is 195 g/mol. The minimum Gasteiger partial charge on any atom is -0.314 e. The molecule has 0 aromatic carbocycles. The molecule has 2 aliphatic carbocycles. The van der Waals surface area contributed by atoms with Crippen LogP contribution in [0.5, 0.6) is 0 Å². The first-order valence-corrected chi connectivity index (χ1v) is 6.63. The van der Waals surface area contributed by atoms with Crippen molar-refractivity contribution in [1.82, 2.24) is 5.32 Å². The molecule has 2 fully saturated rings. The second kappa shape index (κ2) is 5.16. The summed E-state index contributed by atoms with van der Waals surface area (Å²) in [7, 11) is 0. The Kier molecular flexibility index (Phi) is 3.86. The molecule has 0 spiro atoms. The van der Waals surface area contributed by atoms with E-state index in [1.165, 1.54) is 57.9 Å². The van der Waals surface area contributed by atoms with Crippen molar-refractivity contribution in [3.05, 3.63) is 0 Å². The largest absolute Gasteiger partial charge is 0.314 e. The highest BCUT2D eigenvalue weighted by Crippen LogP contribution is 2.43. The van der Waals surface area contributed by atoms with E-state index < -0.39 is 0 Å². The topological polar surface area (TPSA) is 12.0 Å². The van der Waals surface area contributed by atoms with Crippen LogP contribution < -0.4 is 5.32 Å². The molecule has 0 aromatic heterocycles. The Morgan fingerprint density at radius 3 is 2.50 bits per heavy atom. The van der Waals surface area contributed by atoms with Crippen LogP contribution in [0.15, 0.2) is 0 Å². The predicted octanol–water partition coefficient (Wildman–Crippen LogP) is 3.34. The van der Waals surface area contributed by atoms with Crippen molar-refractivity contribution in [2.75, 3.05) is 6.54 Å². The van der Waals surface area contributed by atoms with Crippen molar-refractivity contribution in [2.24, 2.45) is 11.8 Å². The van der Waals surface area contributed by atoms with Gasteiger partial charge in [0.1, 0.15) is 0 Å². The van der Waals surface area contributed by atoms with E-state index in [9.17, 15) is 0 Å². The summed E-state index contributed by atoms with van der Waals surface area (Å²) in [5, 5.41) is 3.72. The second-order valence-corrected chi connectivity index (χ2v) is 5.27. The summed E-state index contributed by atoms with van der Waals surface area (Å²) in [6, 6.07) is 0.850. The summed E-state index contributed by atoms with van der Waals surface area (Å²) >= 11 is 0. The average Bonchev–Trinajstić information content (AvgIpc) is 3.00. The molecule has 0 saturated heterocycles. The Bertz CT molecular complexity index is 163. The van der Waals surface area contributed by atoms with E-state index >= 15 is 0 Å². The van der Waals surface area contributed by atoms with E-state index in [4.69, 9.17) is 0 Å². The summed E-state index contributed by atoms with van der Waals surface area (Å²) in [5.41, 5.74) is 0. The molecule has 0 aromatic rings. The van der Waals surface area contributed by atoms with Gasteiger partial charge in [-0.15, -0.1) is 0 Å². The maximum atomic E-state index is 3.72. The SMILES string of the molecule is CCCNC1CCCCC(C2CC2)C1. The molecule has 1 heteroatoms. The molecular weight excluding hydrogens is 170 g/mol. The van der Waals surface area contributed by atoms with Crippen LogP contribution in [0.4, 0.5) is 0 Å². The van der Waals surface area contributed by atoms with Crippen LogP contribution in [0, 0.1) is 11.8 Å². The predicted molar refractivity (Wildman–Crippen MR) is 61.4 cm³/mol. The summed E-state index contributed by atoms with van der Waals surface area (Å²) in [6.07, 6.45) is 11.7. The van der Waals surface area contributed by atoms with Crippen molar-refractivity contribution in [3.63, 3.8) is 0 Å². The fourth-order valence-corrected chi connectivity index (χ4v) is 2.93. The van der Waals surface area contributed by atoms with Crippen LogP contribution >= 0.6 is 0 Å². The second-order valence-electron chi connectivity index (χ2n) is 5.27. The van der Waals surface area contributed by atoms with Gasteiger partial charge in [0, 0.05) is 6.04 Å². The van der Waals surface area contributed by atoms with Crippen LogP contribution in [-0.2, 0) is 0 Å². The third-order valence-corrected chi connectivity index (χ3v) is 3.94. The van der Waals surface area contributed by atoms with Gasteiger partial charge < -0.3 is 5.32 Å². The number of rotatable bonds is 4. The lowest BCUT2D eigenvalue weighted by molar-refractivity contribution is 0.353. The van der Waals surface area contributed by atoms with Crippen molar-refractivity contribution in [2.45, 2.75) is 64.3 Å². The van der Waals surface area contributed by atoms with E-state index in [1.54, 1.807) is 0 Å². The Morgan fingerprint density at radius 2 is 1.79 bits per heavy atom. The van der Waals surface area contributed by atoms with Crippen molar-refractivity contribution < 1.29 is 0 Å². The monoisotopic (exact) mass is 195 g/mol. The molecule has 2 aliphatic rings. The van der Waals surface area contributed by atoms with Crippen LogP contribution in [-0.4, -0.2) is 12.6 Å². The molecular formula is C13H25N. The van der Waals surface area contributed by atoms with Gasteiger partial charge in [0.25, 0.3) is 0 Å². The van der Waals surface area contributed by atoms with E-state index in [-0.39, 0.29) is 0 Å². The van der Waals surface area contributed by atoms with E-state index in [0.29, 0.717) is 0 Å². The molecule has 1 N–H and O–H groups in total. The zero-order chi connectivity index (χ0) is 9.80. The van der Waals surface area contributed by atoms with Gasteiger partial charge in [-0.25, -0.2) is 0 Å². The molecule has 0 amide bonds. The Hall–Kier alpha value is -0.0400. The molecule has 2 saturated carbocycles. The zero-order valence-corrected chi connectivity index (χ0v) is 9.60. The maximum Gasteiger partial charge on any atom is 0.00698 e. The third kappa shape index (κ3) is 2.98. The van der Waals surface area contributed by atoms with E-state index in [0.717, 1.165) is 17.9 Å². The molecule has 0 aliphatic heterocycles. The molecule has 82 valence electrons. The van der Waals surface area contributed by atoms with Crippen molar-refractivity contribution in [1.29, 1.82) is 0 Å². The third-order valence-electron chi connectivity index (χ3n) is 3.94. The summed E-state index contributed by atoms with van der Waals surface area (Å²) < 4.78 is 0.